The van der Waals surface area contributed by atoms with Crippen LogP contribution >= 0.6 is 34.8 Å². The van der Waals surface area contributed by atoms with Crippen molar-refractivity contribution in [3.8, 4) is 0 Å². The first-order valence-corrected chi connectivity index (χ1v) is 14.8. The number of anilines is 1. The normalized spacial score (nSPS) is 12.1. The number of likely N-dealkylation sites (N-methyl/N-ethyl adjacent to an activating group) is 1. The summed E-state index contributed by atoms with van der Waals surface area (Å²) in [7, 11) is -4.18. The van der Waals surface area contributed by atoms with Gasteiger partial charge in [-0.1, -0.05) is 64.6 Å². The minimum absolute atomic E-state index is 0.00109. The van der Waals surface area contributed by atoms with Crippen LogP contribution in [0.1, 0.15) is 30.5 Å². The zero-order chi connectivity index (χ0) is 28.9. The molecule has 0 bridgehead atoms. The van der Waals surface area contributed by atoms with Crippen LogP contribution in [0.2, 0.25) is 15.1 Å². The first-order valence-electron chi connectivity index (χ1n) is 12.2. The van der Waals surface area contributed by atoms with Crippen LogP contribution in [0.3, 0.4) is 0 Å². The molecular weight excluding hydrogens is 581 g/mol. The Balaban J connectivity index is 2.06. The maximum Gasteiger partial charge on any atom is 0.264 e. The van der Waals surface area contributed by atoms with Gasteiger partial charge in [0, 0.05) is 18.1 Å². The van der Waals surface area contributed by atoms with Gasteiger partial charge in [-0.3, -0.25) is 13.9 Å². The monoisotopic (exact) mass is 609 g/mol. The summed E-state index contributed by atoms with van der Waals surface area (Å²) in [5.74, 6) is -0.968. The molecule has 0 heterocycles. The molecule has 0 aliphatic carbocycles. The summed E-state index contributed by atoms with van der Waals surface area (Å²) in [5, 5.41) is 3.72. The van der Waals surface area contributed by atoms with Gasteiger partial charge < -0.3 is 10.2 Å². The van der Waals surface area contributed by atoms with Gasteiger partial charge in [0.25, 0.3) is 10.0 Å². The van der Waals surface area contributed by atoms with Gasteiger partial charge in [-0.05, 0) is 75.2 Å². The maximum absolute atomic E-state index is 13.9. The lowest BCUT2D eigenvalue weighted by atomic mass is 10.1. The molecule has 3 aromatic rings. The van der Waals surface area contributed by atoms with Gasteiger partial charge in [-0.25, -0.2) is 8.42 Å². The fourth-order valence-electron chi connectivity index (χ4n) is 3.84. The Bertz CT molecular complexity index is 1460. The molecular formula is C28H30Cl3N3O4S. The predicted octanol–water partition coefficient (Wildman–Crippen LogP) is 6.01. The Hall–Kier alpha value is -2.78. The van der Waals surface area contributed by atoms with Crippen molar-refractivity contribution in [1.82, 2.24) is 10.2 Å². The van der Waals surface area contributed by atoms with Crippen molar-refractivity contribution in [3.05, 3.63) is 92.4 Å². The number of benzene rings is 3. The van der Waals surface area contributed by atoms with Gasteiger partial charge >= 0.3 is 0 Å². The number of rotatable bonds is 10. The zero-order valence-electron chi connectivity index (χ0n) is 22.0. The highest BCUT2D eigenvalue weighted by molar-refractivity contribution is 7.92. The molecule has 0 aromatic heterocycles. The molecule has 1 atom stereocenters. The van der Waals surface area contributed by atoms with Crippen molar-refractivity contribution >= 4 is 62.3 Å². The zero-order valence-corrected chi connectivity index (χ0v) is 25.1. The van der Waals surface area contributed by atoms with Crippen LogP contribution in [0.25, 0.3) is 0 Å². The maximum atomic E-state index is 13.9. The predicted molar refractivity (Wildman–Crippen MR) is 157 cm³/mol. The largest absolute Gasteiger partial charge is 0.355 e. The van der Waals surface area contributed by atoms with E-state index in [1.807, 2.05) is 6.92 Å². The molecule has 208 valence electrons. The number of aryl methyl sites for hydroxylation is 2. The van der Waals surface area contributed by atoms with E-state index in [1.54, 1.807) is 63.2 Å². The van der Waals surface area contributed by atoms with E-state index in [0.29, 0.717) is 27.2 Å². The molecule has 1 N–H and O–H groups in total. The highest BCUT2D eigenvalue weighted by Gasteiger charge is 2.32. The summed E-state index contributed by atoms with van der Waals surface area (Å²) in [5.41, 5.74) is 2.49. The number of carbonyl (C=O) groups excluding carboxylic acids is 2. The van der Waals surface area contributed by atoms with E-state index < -0.39 is 28.5 Å². The molecule has 0 aliphatic heterocycles. The van der Waals surface area contributed by atoms with Gasteiger partial charge in [-0.2, -0.15) is 0 Å². The van der Waals surface area contributed by atoms with Crippen LogP contribution in [0, 0.1) is 13.8 Å². The fraction of sp³-hybridized carbons (Fsp3) is 0.286. The molecule has 11 heteroatoms. The summed E-state index contributed by atoms with van der Waals surface area (Å²) in [6.07, 6.45) is 0. The first kappa shape index (κ1) is 30.8. The number of sulfonamides is 1. The lowest BCUT2D eigenvalue weighted by Gasteiger charge is -2.32. The van der Waals surface area contributed by atoms with Crippen molar-refractivity contribution in [2.45, 2.75) is 45.2 Å². The minimum Gasteiger partial charge on any atom is -0.355 e. The van der Waals surface area contributed by atoms with Crippen LogP contribution in [-0.2, 0) is 26.2 Å². The Morgan fingerprint density at radius 2 is 1.56 bits per heavy atom. The molecule has 7 nitrogen and oxygen atoms in total. The summed E-state index contributed by atoms with van der Waals surface area (Å²) < 4.78 is 28.7. The highest BCUT2D eigenvalue weighted by atomic mass is 35.5. The lowest BCUT2D eigenvalue weighted by Crippen LogP contribution is -2.51. The molecule has 0 spiro atoms. The van der Waals surface area contributed by atoms with Crippen LogP contribution in [-0.4, -0.2) is 44.3 Å². The second-order valence-electron chi connectivity index (χ2n) is 9.10. The number of hydrogen-bond acceptors (Lipinski definition) is 4. The smallest absolute Gasteiger partial charge is 0.264 e. The molecule has 0 saturated carbocycles. The number of amides is 2. The Morgan fingerprint density at radius 3 is 2.15 bits per heavy atom. The molecule has 3 rings (SSSR count). The Kier molecular flexibility index (Phi) is 10.3. The number of hydrogen-bond donors (Lipinski definition) is 1. The molecule has 0 fully saturated rings. The van der Waals surface area contributed by atoms with E-state index in [2.05, 4.69) is 5.32 Å². The second kappa shape index (κ2) is 13.0. The number of carbonyl (C=O) groups is 2. The van der Waals surface area contributed by atoms with Crippen LogP contribution < -0.4 is 9.62 Å². The summed E-state index contributed by atoms with van der Waals surface area (Å²) in [4.78, 5) is 28.0. The average Bonchev–Trinajstić information content (AvgIpc) is 2.89. The van der Waals surface area contributed by atoms with Crippen LogP contribution in [0.15, 0.2) is 65.6 Å². The molecule has 0 unspecified atom stereocenters. The van der Waals surface area contributed by atoms with Gasteiger partial charge in [0.05, 0.1) is 20.6 Å². The molecule has 39 heavy (non-hydrogen) atoms. The summed E-state index contributed by atoms with van der Waals surface area (Å²) in [6, 6.07) is 15.1. The van der Waals surface area contributed by atoms with Gasteiger partial charge in [0.1, 0.15) is 12.6 Å². The summed E-state index contributed by atoms with van der Waals surface area (Å²) in [6.45, 7) is 6.80. The van der Waals surface area contributed by atoms with E-state index >= 15 is 0 Å². The molecule has 0 saturated heterocycles. The third-order valence-corrected chi connectivity index (χ3v) is 9.12. The first-order chi connectivity index (χ1) is 18.3. The third-order valence-electron chi connectivity index (χ3n) is 6.19. The van der Waals surface area contributed by atoms with Crippen molar-refractivity contribution in [2.75, 3.05) is 17.4 Å². The molecule has 3 aromatic carbocycles. The van der Waals surface area contributed by atoms with Crippen LogP contribution in [0.4, 0.5) is 5.69 Å². The standard InChI is InChI=1S/C28H30Cl3N3O4S/c1-5-32-28(36)20(4)33(16-21-9-13-24(29)26(31)14-21)27(35)17-34(22-10-8-19(3)25(30)15-22)39(37,38)23-11-6-18(2)7-12-23/h6-15,20H,5,16-17H2,1-4H3,(H,32,36)/t20-/m0/s1. The van der Waals surface area contributed by atoms with E-state index in [0.717, 1.165) is 15.4 Å². The SMILES string of the molecule is CCNC(=O)[C@H](C)N(Cc1ccc(Cl)c(Cl)c1)C(=O)CN(c1ccc(C)c(Cl)c1)S(=O)(=O)c1ccc(C)cc1. The molecule has 0 aliphatic rings. The van der Waals surface area contributed by atoms with Crippen molar-refractivity contribution in [1.29, 1.82) is 0 Å². The lowest BCUT2D eigenvalue weighted by molar-refractivity contribution is -0.139. The van der Waals surface area contributed by atoms with Crippen molar-refractivity contribution in [2.24, 2.45) is 0 Å². The van der Waals surface area contributed by atoms with E-state index in [9.17, 15) is 18.0 Å². The molecule has 2 amide bonds. The van der Waals surface area contributed by atoms with Gasteiger partial charge in [0.2, 0.25) is 11.8 Å². The number of halogens is 3. The fourth-order valence-corrected chi connectivity index (χ4v) is 5.74. The van der Waals surface area contributed by atoms with Gasteiger partial charge in [0.15, 0.2) is 0 Å². The molecule has 0 radical (unpaired) electrons. The van der Waals surface area contributed by atoms with Crippen molar-refractivity contribution < 1.29 is 18.0 Å². The Labute approximate surface area is 244 Å². The van der Waals surface area contributed by atoms with Crippen molar-refractivity contribution in [3.63, 3.8) is 0 Å². The summed E-state index contributed by atoms with van der Waals surface area (Å²) >= 11 is 18.6. The Morgan fingerprint density at radius 1 is 0.897 bits per heavy atom. The van der Waals surface area contributed by atoms with E-state index in [4.69, 9.17) is 34.8 Å². The van der Waals surface area contributed by atoms with E-state index in [1.165, 1.54) is 23.1 Å². The second-order valence-corrected chi connectivity index (χ2v) is 12.2. The van der Waals surface area contributed by atoms with Crippen LogP contribution in [0.5, 0.6) is 0 Å². The number of nitrogens with one attached hydrogen (secondary N) is 1. The quantitative estimate of drug-likeness (QED) is 0.305. The van der Waals surface area contributed by atoms with Gasteiger partial charge in [-0.15, -0.1) is 0 Å². The topological polar surface area (TPSA) is 86.8 Å². The average molecular weight is 611 g/mol. The number of nitrogens with zero attached hydrogens (tertiary/aromatic N) is 2. The highest BCUT2D eigenvalue weighted by Crippen LogP contribution is 2.29. The van der Waals surface area contributed by atoms with E-state index in [-0.39, 0.29) is 23.0 Å². The third kappa shape index (κ3) is 7.45. The minimum atomic E-state index is -4.18.